The molecule has 1 amide bonds. The van der Waals surface area contributed by atoms with Gasteiger partial charge in [-0.25, -0.2) is 0 Å². The zero-order chi connectivity index (χ0) is 16.1. The Hall–Kier alpha value is -2.66. The third-order valence-corrected chi connectivity index (χ3v) is 4.39. The van der Waals surface area contributed by atoms with E-state index in [0.717, 1.165) is 23.5 Å². The van der Waals surface area contributed by atoms with Crippen LogP contribution in [0.5, 0.6) is 0 Å². The van der Waals surface area contributed by atoms with Gasteiger partial charge in [0, 0.05) is 12.1 Å². The number of hydrogen-bond acceptors (Lipinski definition) is 4. The number of benzene rings is 2. The van der Waals surface area contributed by atoms with Crippen LogP contribution in [-0.4, -0.2) is 16.8 Å². The summed E-state index contributed by atoms with van der Waals surface area (Å²) >= 11 is 1.14. The van der Waals surface area contributed by atoms with Crippen LogP contribution in [0.15, 0.2) is 60.7 Å². The molecule has 3 rings (SSSR count). The highest BCUT2D eigenvalue weighted by Gasteiger charge is 2.18. The van der Waals surface area contributed by atoms with Gasteiger partial charge in [0.25, 0.3) is 5.91 Å². The smallest absolute Gasteiger partial charge is 0.265 e. The fraction of sp³-hybridized carbons (Fsp3) is 0.111. The maximum atomic E-state index is 12.3. The van der Waals surface area contributed by atoms with Crippen LogP contribution in [0.4, 0.5) is 5.69 Å². The van der Waals surface area contributed by atoms with E-state index in [4.69, 9.17) is 5.73 Å². The van der Waals surface area contributed by atoms with Crippen LogP contribution in [0.3, 0.4) is 0 Å². The quantitative estimate of drug-likeness (QED) is 0.756. The van der Waals surface area contributed by atoms with Gasteiger partial charge in [-0.05, 0) is 23.5 Å². The summed E-state index contributed by atoms with van der Waals surface area (Å²) in [5, 5.41) is 2.90. The standard InChI is InChI=1S/C18H17N3OS/c19-15-16(14-9-5-2-6-10-14)21-23-17(15)18(22)20-12-11-13-7-3-1-4-8-13/h1-10H,11-12,19H2,(H,20,22). The van der Waals surface area contributed by atoms with E-state index >= 15 is 0 Å². The Bertz CT molecular complexity index is 785. The molecule has 0 unspecified atom stereocenters. The second-order valence-electron chi connectivity index (χ2n) is 5.13. The highest BCUT2D eigenvalue weighted by atomic mass is 32.1. The van der Waals surface area contributed by atoms with Crippen molar-refractivity contribution in [1.29, 1.82) is 0 Å². The summed E-state index contributed by atoms with van der Waals surface area (Å²) in [6.07, 6.45) is 0.789. The fourth-order valence-electron chi connectivity index (χ4n) is 2.31. The third kappa shape index (κ3) is 3.57. The average Bonchev–Trinajstić information content (AvgIpc) is 2.98. The minimum Gasteiger partial charge on any atom is -0.396 e. The van der Waals surface area contributed by atoms with Crippen molar-refractivity contribution in [3.05, 3.63) is 71.1 Å². The number of nitrogens with zero attached hydrogens (tertiary/aromatic N) is 1. The Balaban J connectivity index is 1.65. The molecule has 3 N–H and O–H groups in total. The van der Waals surface area contributed by atoms with Gasteiger partial charge in [-0.3, -0.25) is 4.79 Å². The molecule has 0 radical (unpaired) electrons. The summed E-state index contributed by atoms with van der Waals surface area (Å²) < 4.78 is 4.33. The molecule has 0 saturated heterocycles. The molecular formula is C18H17N3OS. The van der Waals surface area contributed by atoms with Crippen LogP contribution < -0.4 is 11.1 Å². The van der Waals surface area contributed by atoms with Gasteiger partial charge in [-0.15, -0.1) is 0 Å². The van der Waals surface area contributed by atoms with Crippen LogP contribution in [0, 0.1) is 0 Å². The molecule has 116 valence electrons. The number of anilines is 1. The van der Waals surface area contributed by atoms with E-state index in [0.29, 0.717) is 22.8 Å². The fourth-order valence-corrected chi connectivity index (χ4v) is 3.05. The van der Waals surface area contributed by atoms with Gasteiger partial charge >= 0.3 is 0 Å². The zero-order valence-electron chi connectivity index (χ0n) is 12.5. The van der Waals surface area contributed by atoms with Gasteiger partial charge in [-0.1, -0.05) is 60.7 Å². The van der Waals surface area contributed by atoms with Crippen LogP contribution >= 0.6 is 11.5 Å². The van der Waals surface area contributed by atoms with E-state index in [-0.39, 0.29) is 5.91 Å². The molecule has 4 nitrogen and oxygen atoms in total. The number of carbonyl (C=O) groups is 1. The van der Waals surface area contributed by atoms with Crippen molar-refractivity contribution in [2.75, 3.05) is 12.3 Å². The first-order chi connectivity index (χ1) is 11.3. The number of amides is 1. The van der Waals surface area contributed by atoms with Gasteiger partial charge in [0.05, 0.1) is 5.69 Å². The van der Waals surface area contributed by atoms with Crippen LogP contribution in [0.25, 0.3) is 11.3 Å². The molecule has 0 spiro atoms. The van der Waals surface area contributed by atoms with Crippen molar-refractivity contribution in [3.8, 4) is 11.3 Å². The Kier molecular flexibility index (Phi) is 4.68. The van der Waals surface area contributed by atoms with Crippen molar-refractivity contribution in [3.63, 3.8) is 0 Å². The number of rotatable bonds is 5. The Morgan fingerprint density at radius 2 is 1.70 bits per heavy atom. The third-order valence-electron chi connectivity index (χ3n) is 3.52. The Morgan fingerprint density at radius 3 is 2.39 bits per heavy atom. The van der Waals surface area contributed by atoms with E-state index < -0.39 is 0 Å². The zero-order valence-corrected chi connectivity index (χ0v) is 13.3. The first-order valence-corrected chi connectivity index (χ1v) is 8.15. The lowest BCUT2D eigenvalue weighted by Crippen LogP contribution is -2.25. The lowest BCUT2D eigenvalue weighted by atomic mass is 10.1. The second-order valence-corrected chi connectivity index (χ2v) is 5.90. The number of nitrogen functional groups attached to an aromatic ring is 1. The van der Waals surface area contributed by atoms with E-state index in [1.165, 1.54) is 5.56 Å². The number of nitrogens with one attached hydrogen (secondary N) is 1. The minimum absolute atomic E-state index is 0.168. The molecule has 2 aromatic carbocycles. The van der Waals surface area contributed by atoms with Gasteiger partial charge in [0.2, 0.25) is 0 Å². The van der Waals surface area contributed by atoms with Crippen LogP contribution in [0.1, 0.15) is 15.2 Å². The Morgan fingerprint density at radius 1 is 1.04 bits per heavy atom. The predicted octanol–water partition coefficient (Wildman–Crippen LogP) is 3.36. The SMILES string of the molecule is Nc1c(-c2ccccc2)nsc1C(=O)NCCc1ccccc1. The number of carbonyl (C=O) groups excluding carboxylic acids is 1. The summed E-state index contributed by atoms with van der Waals surface area (Å²) in [7, 11) is 0. The molecule has 1 aromatic heterocycles. The average molecular weight is 323 g/mol. The molecule has 1 heterocycles. The molecule has 0 aliphatic carbocycles. The van der Waals surface area contributed by atoms with Gasteiger partial charge in [-0.2, -0.15) is 4.37 Å². The summed E-state index contributed by atoms with van der Waals surface area (Å²) in [5.41, 5.74) is 9.33. The molecular weight excluding hydrogens is 306 g/mol. The maximum absolute atomic E-state index is 12.3. The van der Waals surface area contributed by atoms with Gasteiger partial charge in [0.1, 0.15) is 10.6 Å². The lowest BCUT2D eigenvalue weighted by Gasteiger charge is -2.04. The first kappa shape index (κ1) is 15.2. The highest BCUT2D eigenvalue weighted by molar-refractivity contribution is 7.09. The van der Waals surface area contributed by atoms with Crippen molar-refractivity contribution >= 4 is 23.1 Å². The Labute approximate surface area is 139 Å². The maximum Gasteiger partial charge on any atom is 0.265 e. The molecule has 0 saturated carbocycles. The molecule has 23 heavy (non-hydrogen) atoms. The minimum atomic E-state index is -0.168. The molecule has 3 aromatic rings. The normalized spacial score (nSPS) is 10.4. The van der Waals surface area contributed by atoms with Crippen LogP contribution in [-0.2, 0) is 6.42 Å². The molecule has 0 atom stereocenters. The van der Waals surface area contributed by atoms with Gasteiger partial charge < -0.3 is 11.1 Å². The van der Waals surface area contributed by atoms with E-state index in [9.17, 15) is 4.79 Å². The predicted molar refractivity (Wildman–Crippen MR) is 94.4 cm³/mol. The number of hydrogen-bond donors (Lipinski definition) is 2. The molecule has 5 heteroatoms. The van der Waals surface area contributed by atoms with E-state index in [2.05, 4.69) is 9.69 Å². The molecule has 0 fully saturated rings. The number of nitrogens with two attached hydrogens (primary N) is 1. The lowest BCUT2D eigenvalue weighted by molar-refractivity contribution is 0.0959. The molecule has 0 bridgehead atoms. The largest absolute Gasteiger partial charge is 0.396 e. The summed E-state index contributed by atoms with van der Waals surface area (Å²) in [6.45, 7) is 0.570. The van der Waals surface area contributed by atoms with Crippen molar-refractivity contribution < 1.29 is 4.79 Å². The van der Waals surface area contributed by atoms with Gasteiger partial charge in [0.15, 0.2) is 0 Å². The van der Waals surface area contributed by atoms with Crippen molar-refractivity contribution in [1.82, 2.24) is 9.69 Å². The first-order valence-electron chi connectivity index (χ1n) is 7.38. The highest BCUT2D eigenvalue weighted by Crippen LogP contribution is 2.30. The van der Waals surface area contributed by atoms with E-state index in [1.54, 1.807) is 0 Å². The van der Waals surface area contributed by atoms with Crippen molar-refractivity contribution in [2.45, 2.75) is 6.42 Å². The number of aromatic nitrogens is 1. The molecule has 0 aliphatic heterocycles. The summed E-state index contributed by atoms with van der Waals surface area (Å²) in [4.78, 5) is 12.7. The van der Waals surface area contributed by atoms with Crippen molar-refractivity contribution in [2.24, 2.45) is 0 Å². The van der Waals surface area contributed by atoms with Crippen LogP contribution in [0.2, 0.25) is 0 Å². The molecule has 0 aliphatic rings. The summed E-state index contributed by atoms with van der Waals surface area (Å²) in [6, 6.07) is 19.7. The topological polar surface area (TPSA) is 68.0 Å². The van der Waals surface area contributed by atoms with E-state index in [1.807, 2.05) is 60.7 Å². The summed E-state index contributed by atoms with van der Waals surface area (Å²) in [5.74, 6) is -0.168. The monoisotopic (exact) mass is 323 g/mol. The second kappa shape index (κ2) is 7.07.